The predicted molar refractivity (Wildman–Crippen MR) is 138 cm³/mol. The monoisotopic (exact) mass is 488 g/mol. The van der Waals surface area contributed by atoms with E-state index in [-0.39, 0.29) is 11.1 Å². The van der Waals surface area contributed by atoms with Gasteiger partial charge in [0.25, 0.3) is 5.56 Å². The highest BCUT2D eigenvalue weighted by molar-refractivity contribution is 7.91. The van der Waals surface area contributed by atoms with E-state index in [1.807, 2.05) is 12.1 Å². The van der Waals surface area contributed by atoms with E-state index in [2.05, 4.69) is 16.5 Å². The number of carboxylic acids is 1. The van der Waals surface area contributed by atoms with Crippen molar-refractivity contribution in [3.63, 3.8) is 0 Å². The van der Waals surface area contributed by atoms with Crippen LogP contribution in [0.25, 0.3) is 38.7 Å². The molecule has 0 aliphatic rings. The van der Waals surface area contributed by atoms with Crippen LogP contribution in [0.2, 0.25) is 0 Å². The Bertz CT molecular complexity index is 1670. The largest absolute Gasteiger partial charge is 0.478 e. The number of nitrogens with one attached hydrogen (secondary N) is 1. The number of fused-ring (bicyclic) bond motifs is 1. The van der Waals surface area contributed by atoms with Gasteiger partial charge in [0.05, 0.1) is 15.8 Å². The van der Waals surface area contributed by atoms with E-state index >= 15 is 0 Å². The number of pyridine rings is 2. The molecule has 35 heavy (non-hydrogen) atoms. The van der Waals surface area contributed by atoms with E-state index in [9.17, 15) is 23.1 Å². The highest BCUT2D eigenvalue weighted by atomic mass is 32.2. The van der Waals surface area contributed by atoms with E-state index < -0.39 is 20.6 Å². The summed E-state index contributed by atoms with van der Waals surface area (Å²) in [5.41, 5.74) is 3.38. The van der Waals surface area contributed by atoms with Crippen molar-refractivity contribution >= 4 is 32.3 Å². The third-order valence-corrected chi connectivity index (χ3v) is 8.41. The molecule has 0 fully saturated rings. The number of aliphatic carboxylic acids is 1. The van der Waals surface area contributed by atoms with Gasteiger partial charge in [0.1, 0.15) is 0 Å². The van der Waals surface area contributed by atoms with Gasteiger partial charge in [-0.3, -0.25) is 9.78 Å². The Kier molecular flexibility index (Phi) is 5.94. The zero-order valence-corrected chi connectivity index (χ0v) is 20.3. The number of rotatable bonds is 6. The van der Waals surface area contributed by atoms with Gasteiger partial charge in [-0.2, -0.15) is 0 Å². The molecule has 0 saturated heterocycles. The van der Waals surface area contributed by atoms with Crippen molar-refractivity contribution in [3.8, 4) is 22.3 Å². The molecular formula is C27H24N2O5S. The van der Waals surface area contributed by atoms with Crippen LogP contribution in [0, 0.1) is 0 Å². The minimum Gasteiger partial charge on any atom is -0.478 e. The fourth-order valence-electron chi connectivity index (χ4n) is 3.83. The highest BCUT2D eigenvalue weighted by Crippen LogP contribution is 2.36. The molecule has 0 amide bonds. The summed E-state index contributed by atoms with van der Waals surface area (Å²) < 4.78 is 23.9. The average molecular weight is 489 g/mol. The van der Waals surface area contributed by atoms with E-state index in [4.69, 9.17) is 0 Å². The maximum Gasteiger partial charge on any atom is 0.335 e. The molecule has 0 spiro atoms. The van der Waals surface area contributed by atoms with Crippen LogP contribution in [0.3, 0.4) is 0 Å². The SMILES string of the molecule is C=C(C(=O)O)c1cccc(-c2cc(-c3cc(C(C)(C)S(C)(=O)=O)cc4cccnc34)c[nH]c2=O)c1. The van der Waals surface area contributed by atoms with Gasteiger partial charge >= 0.3 is 5.97 Å². The molecule has 2 heterocycles. The summed E-state index contributed by atoms with van der Waals surface area (Å²) >= 11 is 0. The number of hydrogen-bond acceptors (Lipinski definition) is 5. The minimum atomic E-state index is -3.44. The van der Waals surface area contributed by atoms with E-state index in [0.717, 1.165) is 5.39 Å². The Hall–Kier alpha value is -4.04. The summed E-state index contributed by atoms with van der Waals surface area (Å²) in [6, 6.07) is 15.5. The molecule has 0 aliphatic heterocycles. The van der Waals surface area contributed by atoms with Crippen molar-refractivity contribution in [1.82, 2.24) is 9.97 Å². The topological polar surface area (TPSA) is 117 Å². The zero-order valence-electron chi connectivity index (χ0n) is 19.5. The lowest BCUT2D eigenvalue weighted by Gasteiger charge is -2.24. The lowest BCUT2D eigenvalue weighted by atomic mass is 9.93. The third kappa shape index (κ3) is 4.40. The highest BCUT2D eigenvalue weighted by Gasteiger charge is 2.33. The molecule has 8 heteroatoms. The Morgan fingerprint density at radius 3 is 2.46 bits per heavy atom. The van der Waals surface area contributed by atoms with Gasteiger partial charge in [0.2, 0.25) is 0 Å². The number of carboxylic acid groups (broad SMARTS) is 1. The summed E-state index contributed by atoms with van der Waals surface area (Å²) in [6.07, 6.45) is 4.42. The smallest absolute Gasteiger partial charge is 0.335 e. The van der Waals surface area contributed by atoms with Crippen molar-refractivity contribution in [2.75, 3.05) is 6.26 Å². The molecule has 0 radical (unpaired) electrons. The molecule has 0 atom stereocenters. The lowest BCUT2D eigenvalue weighted by Crippen LogP contribution is -2.28. The maximum atomic E-state index is 12.8. The summed E-state index contributed by atoms with van der Waals surface area (Å²) in [5, 5.41) is 10.0. The summed E-state index contributed by atoms with van der Waals surface area (Å²) in [5.74, 6) is -1.15. The molecule has 0 aliphatic carbocycles. The number of aromatic nitrogens is 2. The van der Waals surface area contributed by atoms with E-state index in [0.29, 0.717) is 38.9 Å². The van der Waals surface area contributed by atoms with E-state index in [1.165, 1.54) is 6.26 Å². The number of H-pyrrole nitrogens is 1. The molecule has 4 rings (SSSR count). The van der Waals surface area contributed by atoms with Gasteiger partial charge in [0.15, 0.2) is 9.84 Å². The number of nitrogens with zero attached hydrogens (tertiary/aromatic N) is 1. The van der Waals surface area contributed by atoms with Crippen molar-refractivity contribution in [3.05, 3.63) is 95.1 Å². The van der Waals surface area contributed by atoms with Gasteiger partial charge in [-0.15, -0.1) is 0 Å². The van der Waals surface area contributed by atoms with Crippen LogP contribution >= 0.6 is 0 Å². The summed E-state index contributed by atoms with van der Waals surface area (Å²) in [6.45, 7) is 6.90. The van der Waals surface area contributed by atoms with Crippen molar-refractivity contribution in [2.45, 2.75) is 18.6 Å². The second-order valence-corrected chi connectivity index (χ2v) is 11.4. The normalized spacial score (nSPS) is 12.0. The van der Waals surface area contributed by atoms with Crippen molar-refractivity contribution < 1.29 is 18.3 Å². The summed E-state index contributed by atoms with van der Waals surface area (Å²) in [7, 11) is -3.44. The van der Waals surface area contributed by atoms with Gasteiger partial charge in [0, 0.05) is 40.7 Å². The van der Waals surface area contributed by atoms with Crippen LogP contribution in [0.1, 0.15) is 25.0 Å². The quantitative estimate of drug-likeness (QED) is 0.382. The van der Waals surface area contributed by atoms with Gasteiger partial charge in [-0.05, 0) is 60.9 Å². The first-order valence-electron chi connectivity index (χ1n) is 10.7. The molecule has 178 valence electrons. The molecule has 0 saturated carbocycles. The Labute approximate surface area is 202 Å². The van der Waals surface area contributed by atoms with Crippen LogP contribution in [-0.2, 0) is 19.4 Å². The fourth-order valence-corrected chi connectivity index (χ4v) is 4.37. The fraction of sp³-hybridized carbons (Fsp3) is 0.148. The van der Waals surface area contributed by atoms with Crippen LogP contribution in [0.15, 0.2) is 78.4 Å². The van der Waals surface area contributed by atoms with Crippen molar-refractivity contribution in [2.24, 2.45) is 0 Å². The van der Waals surface area contributed by atoms with Crippen LogP contribution < -0.4 is 5.56 Å². The zero-order chi connectivity index (χ0) is 25.5. The number of aromatic amines is 1. The maximum absolute atomic E-state index is 12.8. The Morgan fingerprint density at radius 1 is 1.03 bits per heavy atom. The lowest BCUT2D eigenvalue weighted by molar-refractivity contribution is -0.130. The van der Waals surface area contributed by atoms with Crippen LogP contribution in [0.5, 0.6) is 0 Å². The number of benzene rings is 2. The Balaban J connectivity index is 1.95. The molecule has 0 bridgehead atoms. The van der Waals surface area contributed by atoms with Crippen LogP contribution in [-0.4, -0.2) is 35.7 Å². The standard InChI is InChI=1S/C27H24N2O5S/c1-16(26(31)32)17-7-5-8-18(11-17)23-13-20(15-29-25(23)30)22-14-21(27(2,3)35(4,33)34)12-19-9-6-10-28-24(19)22/h5-15H,1H2,2-4H3,(H,29,30)(H,31,32). The molecule has 2 aromatic carbocycles. The first kappa shape index (κ1) is 24.1. The molecule has 2 N–H and O–H groups in total. The third-order valence-electron chi connectivity index (χ3n) is 6.32. The molecule has 2 aromatic heterocycles. The summed E-state index contributed by atoms with van der Waals surface area (Å²) in [4.78, 5) is 31.4. The minimum absolute atomic E-state index is 0.0784. The molecule has 4 aromatic rings. The first-order chi connectivity index (χ1) is 16.4. The van der Waals surface area contributed by atoms with Gasteiger partial charge in [-0.1, -0.05) is 30.8 Å². The average Bonchev–Trinajstić information content (AvgIpc) is 2.82. The second kappa shape index (κ2) is 8.63. The molecule has 7 nitrogen and oxygen atoms in total. The predicted octanol–water partition coefficient (Wildman–Crippen LogP) is 4.63. The number of sulfone groups is 1. The van der Waals surface area contributed by atoms with E-state index in [1.54, 1.807) is 68.7 Å². The van der Waals surface area contributed by atoms with Crippen molar-refractivity contribution in [1.29, 1.82) is 0 Å². The first-order valence-corrected chi connectivity index (χ1v) is 12.6. The Morgan fingerprint density at radius 2 is 1.77 bits per heavy atom. The number of carbonyl (C=O) groups is 1. The molecular weight excluding hydrogens is 464 g/mol. The van der Waals surface area contributed by atoms with Crippen LogP contribution in [0.4, 0.5) is 0 Å². The van der Waals surface area contributed by atoms with Gasteiger partial charge in [-0.25, -0.2) is 13.2 Å². The number of hydrogen-bond donors (Lipinski definition) is 2. The second-order valence-electron chi connectivity index (χ2n) is 8.88. The van der Waals surface area contributed by atoms with Gasteiger partial charge < -0.3 is 10.1 Å². The molecule has 0 unspecified atom stereocenters.